The standard InChI is InChI=1S/C8H19N5O2/c1-10-7(14)3-4-11-8(13-9)12-5-6-15-2/h3-6,9H2,1-2H3,(H,10,14)(H2,11,12,13). The first kappa shape index (κ1) is 13.7. The van der Waals surface area contributed by atoms with Gasteiger partial charge in [0.05, 0.1) is 13.2 Å². The second-order valence-electron chi connectivity index (χ2n) is 2.72. The maximum atomic E-state index is 10.9. The summed E-state index contributed by atoms with van der Waals surface area (Å²) >= 11 is 0. The molecule has 0 aromatic rings. The third-order valence-corrected chi connectivity index (χ3v) is 1.63. The number of aliphatic imine (C=N–C) groups is 1. The van der Waals surface area contributed by atoms with E-state index in [2.05, 4.69) is 21.1 Å². The van der Waals surface area contributed by atoms with Gasteiger partial charge in [-0.25, -0.2) is 10.8 Å². The van der Waals surface area contributed by atoms with Gasteiger partial charge in [-0.05, 0) is 0 Å². The first-order chi connectivity index (χ1) is 7.24. The van der Waals surface area contributed by atoms with Gasteiger partial charge in [0.15, 0.2) is 0 Å². The average Bonchev–Trinajstić information content (AvgIpc) is 2.26. The van der Waals surface area contributed by atoms with Crippen LogP contribution in [0.25, 0.3) is 0 Å². The summed E-state index contributed by atoms with van der Waals surface area (Å²) in [5, 5.41) is 5.41. The Balaban J connectivity index is 3.69. The highest BCUT2D eigenvalue weighted by Crippen LogP contribution is 1.77. The van der Waals surface area contributed by atoms with Gasteiger partial charge in [-0.1, -0.05) is 0 Å². The number of guanidine groups is 1. The molecule has 0 aromatic carbocycles. The normalized spacial score (nSPS) is 11.0. The van der Waals surface area contributed by atoms with Gasteiger partial charge in [0.1, 0.15) is 0 Å². The molecule has 7 nitrogen and oxygen atoms in total. The molecular formula is C8H19N5O2. The first-order valence-corrected chi connectivity index (χ1v) is 4.69. The summed E-state index contributed by atoms with van der Waals surface area (Å²) in [6.45, 7) is 1.53. The van der Waals surface area contributed by atoms with Gasteiger partial charge in [-0.2, -0.15) is 0 Å². The van der Waals surface area contributed by atoms with Crippen LogP contribution in [0, 0.1) is 0 Å². The van der Waals surface area contributed by atoms with Gasteiger partial charge < -0.3 is 15.4 Å². The summed E-state index contributed by atoms with van der Waals surface area (Å²) in [5.41, 5.74) is 2.40. The Hall–Kier alpha value is -1.34. The van der Waals surface area contributed by atoms with Gasteiger partial charge in [-0.3, -0.25) is 10.2 Å². The fraction of sp³-hybridized carbons (Fsp3) is 0.750. The van der Waals surface area contributed by atoms with E-state index in [1.807, 2.05) is 0 Å². The lowest BCUT2D eigenvalue weighted by molar-refractivity contribution is -0.120. The minimum Gasteiger partial charge on any atom is -0.383 e. The van der Waals surface area contributed by atoms with Crippen LogP contribution >= 0.6 is 0 Å². The van der Waals surface area contributed by atoms with Crippen molar-refractivity contribution in [3.05, 3.63) is 0 Å². The predicted octanol–water partition coefficient (Wildman–Crippen LogP) is -1.82. The molecular weight excluding hydrogens is 198 g/mol. The maximum absolute atomic E-state index is 10.9. The van der Waals surface area contributed by atoms with Crippen molar-refractivity contribution in [2.45, 2.75) is 6.42 Å². The van der Waals surface area contributed by atoms with Crippen LogP contribution in [0.1, 0.15) is 6.42 Å². The van der Waals surface area contributed by atoms with E-state index in [0.29, 0.717) is 32.1 Å². The molecule has 0 aliphatic heterocycles. The smallest absolute Gasteiger partial charge is 0.221 e. The number of rotatable bonds is 6. The van der Waals surface area contributed by atoms with E-state index < -0.39 is 0 Å². The highest BCUT2D eigenvalue weighted by molar-refractivity contribution is 5.80. The van der Waals surface area contributed by atoms with E-state index in [1.54, 1.807) is 14.2 Å². The lowest BCUT2D eigenvalue weighted by Crippen LogP contribution is -2.43. The predicted molar refractivity (Wildman–Crippen MR) is 58.2 cm³/mol. The summed E-state index contributed by atoms with van der Waals surface area (Å²) in [7, 11) is 3.20. The number of hydrogen-bond donors (Lipinski definition) is 4. The number of ether oxygens (including phenoxy) is 1. The van der Waals surface area contributed by atoms with Crippen LogP contribution in [0.4, 0.5) is 0 Å². The summed E-state index contributed by atoms with van der Waals surface area (Å²) in [6, 6.07) is 0. The number of nitrogens with two attached hydrogens (primary N) is 1. The van der Waals surface area contributed by atoms with Crippen molar-refractivity contribution in [3.63, 3.8) is 0 Å². The highest BCUT2D eigenvalue weighted by atomic mass is 16.5. The molecule has 0 aromatic heterocycles. The van der Waals surface area contributed by atoms with E-state index in [1.165, 1.54) is 0 Å². The lowest BCUT2D eigenvalue weighted by Gasteiger charge is -2.08. The van der Waals surface area contributed by atoms with Gasteiger partial charge >= 0.3 is 0 Å². The third-order valence-electron chi connectivity index (χ3n) is 1.63. The summed E-state index contributed by atoms with van der Waals surface area (Å²) < 4.78 is 4.83. The third kappa shape index (κ3) is 7.71. The second-order valence-corrected chi connectivity index (χ2v) is 2.72. The molecule has 0 rings (SSSR count). The Morgan fingerprint density at radius 2 is 2.27 bits per heavy atom. The Bertz CT molecular complexity index is 207. The van der Waals surface area contributed by atoms with Crippen LogP contribution in [0.3, 0.4) is 0 Å². The fourth-order valence-corrected chi connectivity index (χ4v) is 0.821. The Morgan fingerprint density at radius 1 is 1.53 bits per heavy atom. The fourth-order valence-electron chi connectivity index (χ4n) is 0.821. The van der Waals surface area contributed by atoms with Crippen LogP contribution < -0.4 is 21.9 Å². The van der Waals surface area contributed by atoms with Crippen molar-refractivity contribution in [3.8, 4) is 0 Å². The Labute approximate surface area is 89.4 Å². The van der Waals surface area contributed by atoms with Crippen LogP contribution in [0.5, 0.6) is 0 Å². The SMILES string of the molecule is CNC(=O)CCNC(=NCCOC)NN. The van der Waals surface area contributed by atoms with Crippen molar-refractivity contribution in [1.29, 1.82) is 0 Å². The largest absolute Gasteiger partial charge is 0.383 e. The molecule has 0 aliphatic rings. The van der Waals surface area contributed by atoms with E-state index in [0.717, 1.165) is 0 Å². The number of hydrogen-bond acceptors (Lipinski definition) is 4. The van der Waals surface area contributed by atoms with Gasteiger partial charge in [0.25, 0.3) is 0 Å². The highest BCUT2D eigenvalue weighted by Gasteiger charge is 1.98. The number of nitrogens with zero attached hydrogens (tertiary/aromatic N) is 1. The number of carbonyl (C=O) groups is 1. The number of hydrazine groups is 1. The number of carbonyl (C=O) groups excluding carboxylic acids is 1. The maximum Gasteiger partial charge on any atom is 0.221 e. The molecule has 0 radical (unpaired) electrons. The van der Waals surface area contributed by atoms with Crippen LogP contribution in [-0.4, -0.2) is 45.7 Å². The Kier molecular flexibility index (Phi) is 8.40. The molecule has 0 fully saturated rings. The summed E-state index contributed by atoms with van der Waals surface area (Å²) in [4.78, 5) is 14.9. The molecule has 0 saturated carbocycles. The number of methoxy groups -OCH3 is 1. The molecule has 1 amide bonds. The number of amides is 1. The van der Waals surface area contributed by atoms with E-state index in [4.69, 9.17) is 10.6 Å². The van der Waals surface area contributed by atoms with E-state index in [9.17, 15) is 4.79 Å². The topological polar surface area (TPSA) is 101 Å². The minimum absolute atomic E-state index is 0.0317. The van der Waals surface area contributed by atoms with E-state index >= 15 is 0 Å². The summed E-state index contributed by atoms with van der Waals surface area (Å²) in [5.74, 6) is 5.64. The van der Waals surface area contributed by atoms with Gasteiger partial charge in [-0.15, -0.1) is 0 Å². The molecule has 5 N–H and O–H groups in total. The molecule has 0 unspecified atom stereocenters. The summed E-state index contributed by atoms with van der Waals surface area (Å²) in [6.07, 6.45) is 0.376. The number of nitrogens with one attached hydrogen (secondary N) is 3. The van der Waals surface area contributed by atoms with Gasteiger partial charge in [0, 0.05) is 27.1 Å². The van der Waals surface area contributed by atoms with Crippen LogP contribution in [0.15, 0.2) is 4.99 Å². The lowest BCUT2D eigenvalue weighted by atomic mass is 10.4. The van der Waals surface area contributed by atoms with Crippen LogP contribution in [0.2, 0.25) is 0 Å². The quantitative estimate of drug-likeness (QED) is 0.138. The zero-order chi connectivity index (χ0) is 11.5. The van der Waals surface area contributed by atoms with Crippen molar-refractivity contribution in [1.82, 2.24) is 16.1 Å². The minimum atomic E-state index is -0.0317. The zero-order valence-electron chi connectivity index (χ0n) is 9.17. The second kappa shape index (κ2) is 9.22. The molecule has 0 atom stereocenters. The van der Waals surface area contributed by atoms with Crippen LogP contribution in [-0.2, 0) is 9.53 Å². The monoisotopic (exact) mass is 217 g/mol. The zero-order valence-corrected chi connectivity index (χ0v) is 9.17. The molecule has 15 heavy (non-hydrogen) atoms. The molecule has 88 valence electrons. The molecule has 0 saturated heterocycles. The van der Waals surface area contributed by atoms with E-state index in [-0.39, 0.29) is 5.91 Å². The molecule has 7 heteroatoms. The Morgan fingerprint density at radius 3 is 2.80 bits per heavy atom. The molecule has 0 spiro atoms. The molecule has 0 bridgehead atoms. The van der Waals surface area contributed by atoms with Crippen molar-refractivity contribution in [2.75, 3.05) is 33.9 Å². The average molecular weight is 217 g/mol. The van der Waals surface area contributed by atoms with Crippen molar-refractivity contribution >= 4 is 11.9 Å². The molecule has 0 heterocycles. The molecule has 0 aliphatic carbocycles. The first-order valence-electron chi connectivity index (χ1n) is 4.69. The van der Waals surface area contributed by atoms with Crippen molar-refractivity contribution < 1.29 is 9.53 Å². The van der Waals surface area contributed by atoms with Crippen molar-refractivity contribution in [2.24, 2.45) is 10.8 Å². The van der Waals surface area contributed by atoms with Gasteiger partial charge in [0.2, 0.25) is 11.9 Å².